The third kappa shape index (κ3) is 8.08. The van der Waals surface area contributed by atoms with Crippen LogP contribution in [0.15, 0.2) is 0 Å². The Morgan fingerprint density at radius 1 is 1.36 bits per heavy atom. The Labute approximate surface area is 73.5 Å². The van der Waals surface area contributed by atoms with E-state index in [1.807, 2.05) is 7.11 Å². The van der Waals surface area contributed by atoms with Crippen molar-refractivity contribution >= 4 is 9.76 Å². The molecule has 0 aromatic carbocycles. The zero-order valence-electron chi connectivity index (χ0n) is 8.61. The van der Waals surface area contributed by atoms with Gasteiger partial charge in [-0.25, -0.2) is 0 Å². The van der Waals surface area contributed by atoms with Gasteiger partial charge in [-0.2, -0.15) is 0 Å². The van der Waals surface area contributed by atoms with Gasteiger partial charge < -0.3 is 4.43 Å². The second-order valence-corrected chi connectivity index (χ2v) is 6.21. The van der Waals surface area contributed by atoms with E-state index in [0.29, 0.717) is 5.41 Å². The molecule has 0 amide bonds. The van der Waals surface area contributed by atoms with Gasteiger partial charge in [0.2, 0.25) is 0 Å². The van der Waals surface area contributed by atoms with E-state index in [0.717, 1.165) is 5.92 Å². The van der Waals surface area contributed by atoms with Gasteiger partial charge in [-0.1, -0.05) is 27.7 Å². The Hall–Kier alpha value is 0.177. The van der Waals surface area contributed by atoms with Crippen LogP contribution in [0.1, 0.15) is 34.1 Å². The number of hydrogen-bond acceptors (Lipinski definition) is 1. The molecule has 0 spiro atoms. The second kappa shape index (κ2) is 4.94. The third-order valence-corrected chi connectivity index (χ3v) is 3.41. The molecular formula is C9H22OSi. The minimum absolute atomic E-state index is 0.195. The SMILES string of the molecule is CO[SiH2]CC(C)CC(C)(C)C. The van der Waals surface area contributed by atoms with Crippen LogP contribution in [0.4, 0.5) is 0 Å². The maximum Gasteiger partial charge on any atom is 0.161 e. The van der Waals surface area contributed by atoms with Crippen LogP contribution in [0, 0.1) is 11.3 Å². The lowest BCUT2D eigenvalue weighted by Gasteiger charge is -2.22. The van der Waals surface area contributed by atoms with Gasteiger partial charge in [-0.3, -0.25) is 0 Å². The van der Waals surface area contributed by atoms with E-state index in [1.165, 1.54) is 12.5 Å². The van der Waals surface area contributed by atoms with E-state index in [1.54, 1.807) is 0 Å². The van der Waals surface area contributed by atoms with E-state index in [2.05, 4.69) is 27.7 Å². The summed E-state index contributed by atoms with van der Waals surface area (Å²) in [6.45, 7) is 9.24. The van der Waals surface area contributed by atoms with Crippen molar-refractivity contribution in [3.05, 3.63) is 0 Å². The van der Waals surface area contributed by atoms with Gasteiger partial charge in [0.25, 0.3) is 0 Å². The van der Waals surface area contributed by atoms with Gasteiger partial charge in [0.1, 0.15) is 0 Å². The molecule has 1 atom stereocenters. The smallest absolute Gasteiger partial charge is 0.161 e. The summed E-state index contributed by atoms with van der Waals surface area (Å²) in [7, 11) is 1.63. The zero-order chi connectivity index (χ0) is 8.91. The quantitative estimate of drug-likeness (QED) is 0.594. The molecule has 0 heterocycles. The average Bonchev–Trinajstić information content (AvgIpc) is 1.79. The lowest BCUT2D eigenvalue weighted by molar-refractivity contribution is 0.314. The van der Waals surface area contributed by atoms with Crippen molar-refractivity contribution in [1.29, 1.82) is 0 Å². The molecule has 0 saturated heterocycles. The summed E-state index contributed by atoms with van der Waals surface area (Å²) in [5.41, 5.74) is 0.488. The molecular weight excluding hydrogens is 152 g/mol. The van der Waals surface area contributed by atoms with E-state index in [-0.39, 0.29) is 9.76 Å². The van der Waals surface area contributed by atoms with Crippen molar-refractivity contribution in [2.45, 2.75) is 40.2 Å². The summed E-state index contributed by atoms with van der Waals surface area (Å²) in [4.78, 5) is 0. The van der Waals surface area contributed by atoms with Gasteiger partial charge in [0.15, 0.2) is 9.76 Å². The first kappa shape index (κ1) is 11.2. The molecule has 0 aromatic rings. The molecule has 2 heteroatoms. The molecule has 0 saturated carbocycles. The van der Waals surface area contributed by atoms with E-state index < -0.39 is 0 Å². The van der Waals surface area contributed by atoms with Crippen LogP contribution < -0.4 is 0 Å². The van der Waals surface area contributed by atoms with Crippen LogP contribution >= 0.6 is 0 Å². The summed E-state index contributed by atoms with van der Waals surface area (Å²) < 4.78 is 5.17. The van der Waals surface area contributed by atoms with Crippen LogP contribution in [0.3, 0.4) is 0 Å². The van der Waals surface area contributed by atoms with Gasteiger partial charge >= 0.3 is 0 Å². The van der Waals surface area contributed by atoms with Gasteiger partial charge in [-0.15, -0.1) is 0 Å². The summed E-state index contributed by atoms with van der Waals surface area (Å²) in [5.74, 6) is 0.849. The molecule has 0 aliphatic heterocycles. The summed E-state index contributed by atoms with van der Waals surface area (Å²) >= 11 is 0. The molecule has 0 N–H and O–H groups in total. The lowest BCUT2D eigenvalue weighted by atomic mass is 9.86. The minimum Gasteiger partial charge on any atom is -0.427 e. The largest absolute Gasteiger partial charge is 0.427 e. The van der Waals surface area contributed by atoms with Gasteiger partial charge in [-0.05, 0) is 23.8 Å². The van der Waals surface area contributed by atoms with Crippen molar-refractivity contribution in [2.75, 3.05) is 7.11 Å². The molecule has 0 aromatic heterocycles. The van der Waals surface area contributed by atoms with E-state index in [4.69, 9.17) is 4.43 Å². The molecule has 0 radical (unpaired) electrons. The Kier molecular flexibility index (Phi) is 5.02. The minimum atomic E-state index is -0.195. The Morgan fingerprint density at radius 3 is 2.27 bits per heavy atom. The zero-order valence-corrected chi connectivity index (χ0v) is 10.0. The molecule has 11 heavy (non-hydrogen) atoms. The molecule has 0 aliphatic carbocycles. The lowest BCUT2D eigenvalue weighted by Crippen LogP contribution is -2.12. The first-order valence-corrected chi connectivity index (χ1v) is 6.02. The topological polar surface area (TPSA) is 9.23 Å². The fourth-order valence-corrected chi connectivity index (χ4v) is 2.31. The van der Waals surface area contributed by atoms with Crippen molar-refractivity contribution in [2.24, 2.45) is 11.3 Å². The summed E-state index contributed by atoms with van der Waals surface area (Å²) in [5, 5.41) is 0. The maximum atomic E-state index is 5.17. The standard InChI is InChI=1S/C9H22OSi/c1-8(7-11-10-5)6-9(2,3)4/h8H,6-7,11H2,1-5H3. The predicted octanol–water partition coefficient (Wildman–Crippen LogP) is 2.21. The molecule has 1 unspecified atom stereocenters. The van der Waals surface area contributed by atoms with Crippen LogP contribution in [-0.4, -0.2) is 16.9 Å². The monoisotopic (exact) mass is 174 g/mol. The number of hydrogen-bond donors (Lipinski definition) is 0. The first-order chi connectivity index (χ1) is 4.95. The Balaban J connectivity index is 3.44. The third-order valence-electron chi connectivity index (χ3n) is 1.78. The highest BCUT2D eigenvalue weighted by Gasteiger charge is 2.14. The fourth-order valence-electron chi connectivity index (χ4n) is 1.47. The van der Waals surface area contributed by atoms with Crippen molar-refractivity contribution in [1.82, 2.24) is 0 Å². The second-order valence-electron chi connectivity index (χ2n) is 4.65. The molecule has 0 rings (SSSR count). The van der Waals surface area contributed by atoms with Crippen LogP contribution in [0.25, 0.3) is 0 Å². The molecule has 68 valence electrons. The van der Waals surface area contributed by atoms with Crippen molar-refractivity contribution in [3.8, 4) is 0 Å². The fraction of sp³-hybridized carbons (Fsp3) is 1.00. The van der Waals surface area contributed by atoms with Crippen LogP contribution in [0.2, 0.25) is 6.04 Å². The van der Waals surface area contributed by atoms with Crippen LogP contribution in [0.5, 0.6) is 0 Å². The van der Waals surface area contributed by atoms with Crippen molar-refractivity contribution < 1.29 is 4.43 Å². The normalized spacial score (nSPS) is 16.1. The van der Waals surface area contributed by atoms with Crippen LogP contribution in [-0.2, 0) is 4.43 Å². The molecule has 0 aliphatic rings. The van der Waals surface area contributed by atoms with Gasteiger partial charge in [0, 0.05) is 7.11 Å². The van der Waals surface area contributed by atoms with E-state index in [9.17, 15) is 0 Å². The Bertz CT molecular complexity index is 96.2. The first-order valence-electron chi connectivity index (χ1n) is 4.44. The highest BCUT2D eigenvalue weighted by atomic mass is 28.2. The number of rotatable bonds is 4. The van der Waals surface area contributed by atoms with E-state index >= 15 is 0 Å². The highest BCUT2D eigenvalue weighted by molar-refractivity contribution is 6.27. The molecule has 0 fully saturated rings. The summed E-state index contributed by atoms with van der Waals surface area (Å²) in [6, 6.07) is 1.33. The molecule has 0 bridgehead atoms. The van der Waals surface area contributed by atoms with Gasteiger partial charge in [0.05, 0.1) is 0 Å². The maximum absolute atomic E-state index is 5.17. The average molecular weight is 174 g/mol. The molecule has 1 nitrogen and oxygen atoms in total. The van der Waals surface area contributed by atoms with Crippen molar-refractivity contribution in [3.63, 3.8) is 0 Å². The predicted molar refractivity (Wildman–Crippen MR) is 53.6 cm³/mol. The highest BCUT2D eigenvalue weighted by Crippen LogP contribution is 2.25. The summed E-state index contributed by atoms with van der Waals surface area (Å²) in [6.07, 6.45) is 1.32. The Morgan fingerprint density at radius 2 is 1.91 bits per heavy atom.